The molecule has 0 aliphatic carbocycles. The zero-order valence-electron chi connectivity index (χ0n) is 23.3. The number of ketones is 1. The molecule has 0 radical (unpaired) electrons. The molecule has 0 amide bonds. The van der Waals surface area contributed by atoms with Crippen molar-refractivity contribution in [1.29, 1.82) is 0 Å². The van der Waals surface area contributed by atoms with Crippen molar-refractivity contribution >= 4 is 28.8 Å². The summed E-state index contributed by atoms with van der Waals surface area (Å²) in [4.78, 5) is 25.5. The highest BCUT2D eigenvalue weighted by atomic mass is 16.5. The van der Waals surface area contributed by atoms with E-state index in [1.54, 1.807) is 10.8 Å². The first kappa shape index (κ1) is 26.9. The second kappa shape index (κ2) is 11.6. The van der Waals surface area contributed by atoms with Crippen molar-refractivity contribution in [3.8, 4) is 17.1 Å². The smallest absolute Gasteiger partial charge is 0.331 e. The van der Waals surface area contributed by atoms with Crippen LogP contribution in [0.4, 0.5) is 0 Å². The summed E-state index contributed by atoms with van der Waals surface area (Å²) < 4.78 is 15.3. The molecule has 3 heterocycles. The van der Waals surface area contributed by atoms with Gasteiger partial charge in [-0.2, -0.15) is 5.10 Å². The number of esters is 1. The maximum absolute atomic E-state index is 12.9. The number of benzene rings is 2. The molecule has 5 rings (SSSR count). The van der Waals surface area contributed by atoms with Gasteiger partial charge in [0.25, 0.3) is 0 Å². The molecule has 0 aliphatic rings. The van der Waals surface area contributed by atoms with Gasteiger partial charge in [-0.3, -0.25) is 4.79 Å². The van der Waals surface area contributed by atoms with Crippen LogP contribution in [0.15, 0.2) is 83.4 Å². The predicted octanol–water partition coefficient (Wildman–Crippen LogP) is 7.19. The van der Waals surface area contributed by atoms with Crippen molar-refractivity contribution in [1.82, 2.24) is 14.3 Å². The van der Waals surface area contributed by atoms with Gasteiger partial charge in [-0.15, -0.1) is 0 Å². The summed E-state index contributed by atoms with van der Waals surface area (Å²) >= 11 is 0. The van der Waals surface area contributed by atoms with Crippen molar-refractivity contribution in [3.05, 3.63) is 102 Å². The molecular weight excluding hydrogens is 502 g/mol. The van der Waals surface area contributed by atoms with Crippen LogP contribution in [-0.4, -0.2) is 32.7 Å². The van der Waals surface area contributed by atoms with Crippen molar-refractivity contribution in [2.75, 3.05) is 6.61 Å². The first-order valence-corrected chi connectivity index (χ1v) is 13.5. The molecule has 0 spiro atoms. The van der Waals surface area contributed by atoms with E-state index >= 15 is 0 Å². The van der Waals surface area contributed by atoms with E-state index in [0.717, 1.165) is 41.0 Å². The standard InChI is InChI=1S/C33H33N3O4/c1-22(2)16-17-35-23(3)18-28(24(35)4)29(37)21-39-32(38)15-14-26-20-36(27-11-6-5-7-12-27)34-33(26)31-19-25-10-8-9-13-30(25)40-31/h5-15,18-20,22H,16-17,21H2,1-4H3. The van der Waals surface area contributed by atoms with Crippen molar-refractivity contribution in [2.24, 2.45) is 5.92 Å². The molecule has 2 aromatic carbocycles. The van der Waals surface area contributed by atoms with E-state index < -0.39 is 5.97 Å². The number of carbonyl (C=O) groups excluding carboxylic acids is 2. The molecule has 7 heteroatoms. The van der Waals surface area contributed by atoms with E-state index in [9.17, 15) is 9.59 Å². The predicted molar refractivity (Wildman–Crippen MR) is 156 cm³/mol. The van der Waals surface area contributed by atoms with Gasteiger partial charge in [0, 0.05) is 46.7 Å². The van der Waals surface area contributed by atoms with Gasteiger partial charge in [0.15, 0.2) is 12.4 Å². The second-order valence-electron chi connectivity index (χ2n) is 10.3. The third-order valence-electron chi connectivity index (χ3n) is 6.97. The van der Waals surface area contributed by atoms with E-state index in [0.29, 0.717) is 28.5 Å². The number of para-hydroxylation sites is 2. The minimum atomic E-state index is -0.606. The number of aromatic nitrogens is 3. The van der Waals surface area contributed by atoms with Crippen LogP contribution in [0.1, 0.15) is 47.6 Å². The van der Waals surface area contributed by atoms with Crippen LogP contribution in [0.25, 0.3) is 34.2 Å². The molecule has 0 saturated carbocycles. The third-order valence-corrected chi connectivity index (χ3v) is 6.97. The van der Waals surface area contributed by atoms with Gasteiger partial charge in [-0.1, -0.05) is 50.2 Å². The number of hydrogen-bond donors (Lipinski definition) is 0. The molecule has 0 bridgehead atoms. The lowest BCUT2D eigenvalue weighted by molar-refractivity contribution is -0.136. The highest BCUT2D eigenvalue weighted by Gasteiger charge is 2.18. The van der Waals surface area contributed by atoms with Crippen LogP contribution < -0.4 is 0 Å². The number of hydrogen-bond acceptors (Lipinski definition) is 5. The highest BCUT2D eigenvalue weighted by molar-refractivity contribution is 6.00. The first-order valence-electron chi connectivity index (χ1n) is 13.5. The van der Waals surface area contributed by atoms with E-state index in [1.165, 1.54) is 6.08 Å². The fourth-order valence-corrected chi connectivity index (χ4v) is 4.75. The lowest BCUT2D eigenvalue weighted by atomic mass is 10.1. The molecule has 40 heavy (non-hydrogen) atoms. The van der Waals surface area contributed by atoms with E-state index in [1.807, 2.05) is 86.8 Å². The van der Waals surface area contributed by atoms with E-state index in [-0.39, 0.29) is 12.4 Å². The summed E-state index contributed by atoms with van der Waals surface area (Å²) in [5, 5.41) is 5.71. The number of Topliss-reactive ketones (excluding diaryl/α,β-unsaturated/α-hetero) is 1. The van der Waals surface area contributed by atoms with Crippen LogP contribution >= 0.6 is 0 Å². The quantitative estimate of drug-likeness (QED) is 0.107. The summed E-state index contributed by atoms with van der Waals surface area (Å²) in [6.07, 6.45) is 5.82. The van der Waals surface area contributed by atoms with Crippen LogP contribution in [0.3, 0.4) is 0 Å². The zero-order chi connectivity index (χ0) is 28.2. The zero-order valence-corrected chi connectivity index (χ0v) is 23.3. The van der Waals surface area contributed by atoms with Crippen LogP contribution in [-0.2, 0) is 16.1 Å². The Morgan fingerprint density at radius 2 is 1.77 bits per heavy atom. The molecule has 7 nitrogen and oxygen atoms in total. The monoisotopic (exact) mass is 535 g/mol. The second-order valence-corrected chi connectivity index (χ2v) is 10.3. The molecule has 0 N–H and O–H groups in total. The SMILES string of the molecule is Cc1cc(C(=O)COC(=O)C=Cc2cn(-c3ccccc3)nc2-c2cc3ccccc3o2)c(C)n1CCC(C)C. The Morgan fingerprint density at radius 3 is 2.52 bits per heavy atom. The van der Waals surface area contributed by atoms with Gasteiger partial charge in [0.05, 0.1) is 5.69 Å². The number of furan rings is 1. The van der Waals surface area contributed by atoms with Crippen molar-refractivity contribution in [3.63, 3.8) is 0 Å². The molecule has 0 aliphatic heterocycles. The molecular formula is C33H33N3O4. The average molecular weight is 536 g/mol. The van der Waals surface area contributed by atoms with Gasteiger partial charge < -0.3 is 13.7 Å². The Balaban J connectivity index is 1.33. The fourth-order valence-electron chi connectivity index (χ4n) is 4.75. The number of ether oxygens (including phenoxy) is 1. The van der Waals surface area contributed by atoms with Gasteiger partial charge in [0.1, 0.15) is 11.3 Å². The third kappa shape index (κ3) is 5.83. The summed E-state index contributed by atoms with van der Waals surface area (Å²) in [5.41, 5.74) is 5.42. The Hall–Kier alpha value is -4.65. The Morgan fingerprint density at radius 1 is 1.02 bits per heavy atom. The normalized spacial score (nSPS) is 11.6. The molecule has 0 unspecified atom stereocenters. The van der Waals surface area contributed by atoms with E-state index in [4.69, 9.17) is 14.3 Å². The van der Waals surface area contributed by atoms with Gasteiger partial charge in [-0.05, 0) is 62.6 Å². The Kier molecular flexibility index (Phi) is 7.82. The molecule has 204 valence electrons. The molecule has 0 atom stereocenters. The number of fused-ring (bicyclic) bond motifs is 1. The van der Waals surface area contributed by atoms with Crippen molar-refractivity contribution in [2.45, 2.75) is 40.7 Å². The molecule has 5 aromatic rings. The number of rotatable bonds is 10. The van der Waals surface area contributed by atoms with Gasteiger partial charge in [-0.25, -0.2) is 9.48 Å². The molecule has 3 aromatic heterocycles. The Labute approximate surface area is 233 Å². The number of aryl methyl sites for hydroxylation is 1. The summed E-state index contributed by atoms with van der Waals surface area (Å²) in [6, 6.07) is 21.2. The number of carbonyl (C=O) groups is 2. The summed E-state index contributed by atoms with van der Waals surface area (Å²) in [5.74, 6) is 0.336. The maximum atomic E-state index is 12.9. The minimum Gasteiger partial charge on any atom is -0.454 e. The largest absolute Gasteiger partial charge is 0.454 e. The van der Waals surface area contributed by atoms with Crippen LogP contribution in [0.5, 0.6) is 0 Å². The molecule has 0 saturated heterocycles. The lowest BCUT2D eigenvalue weighted by Gasteiger charge is -2.11. The fraction of sp³-hybridized carbons (Fsp3) is 0.242. The average Bonchev–Trinajstić information content (AvgIpc) is 3.65. The summed E-state index contributed by atoms with van der Waals surface area (Å²) in [6.45, 7) is 8.83. The number of nitrogens with zero attached hydrogens (tertiary/aromatic N) is 3. The van der Waals surface area contributed by atoms with Gasteiger partial charge >= 0.3 is 5.97 Å². The topological polar surface area (TPSA) is 79.3 Å². The van der Waals surface area contributed by atoms with Crippen LogP contribution in [0, 0.1) is 19.8 Å². The first-order chi connectivity index (χ1) is 19.3. The molecule has 0 fully saturated rings. The summed E-state index contributed by atoms with van der Waals surface area (Å²) in [7, 11) is 0. The lowest BCUT2D eigenvalue weighted by Crippen LogP contribution is -2.14. The van der Waals surface area contributed by atoms with E-state index in [2.05, 4.69) is 18.4 Å². The maximum Gasteiger partial charge on any atom is 0.331 e. The Bertz CT molecular complexity index is 1650. The highest BCUT2D eigenvalue weighted by Crippen LogP contribution is 2.30. The van der Waals surface area contributed by atoms with Crippen LogP contribution in [0.2, 0.25) is 0 Å². The van der Waals surface area contributed by atoms with Crippen molar-refractivity contribution < 1.29 is 18.7 Å². The minimum absolute atomic E-state index is 0.217. The van der Waals surface area contributed by atoms with Gasteiger partial charge in [0.2, 0.25) is 5.78 Å².